The molecule has 10 heteroatoms. The molecule has 4 heterocycles. The molecule has 9 nitrogen and oxygen atoms in total. The Morgan fingerprint density at radius 1 is 1.28 bits per heavy atom. The van der Waals surface area contributed by atoms with Gasteiger partial charge in [0.15, 0.2) is 5.82 Å². The number of pyridine rings is 1. The fourth-order valence-electron chi connectivity index (χ4n) is 5.48. The number of carbonyl (C=O) groups excluding carboxylic acids is 1. The molecular weight excluding hydrogens is 463 g/mol. The summed E-state index contributed by atoms with van der Waals surface area (Å²) in [6, 6.07) is 6.14. The molecule has 0 aliphatic carbocycles. The Bertz CT molecular complexity index is 1270. The molecule has 2 fully saturated rings. The Morgan fingerprint density at radius 3 is 2.64 bits per heavy atom. The van der Waals surface area contributed by atoms with Gasteiger partial charge in [0.25, 0.3) is 5.91 Å². The SMILES string of the molecule is COc1cc(C(N)=O)c(F)c2nc(-c3ccc(N4[C@@H](C)CC[C@@H]4C)nc3)n(C[C@@H]3CN(C)CCO3)c12. The van der Waals surface area contributed by atoms with Crippen LogP contribution in [0.1, 0.15) is 37.0 Å². The van der Waals surface area contributed by atoms with Crippen molar-refractivity contribution in [3.8, 4) is 17.1 Å². The van der Waals surface area contributed by atoms with Crippen molar-refractivity contribution < 1.29 is 18.7 Å². The normalized spacial score (nSPS) is 22.9. The van der Waals surface area contributed by atoms with E-state index >= 15 is 4.39 Å². The number of morpholine rings is 1. The molecule has 2 saturated heterocycles. The number of nitrogens with two attached hydrogens (primary N) is 1. The number of hydrogen-bond acceptors (Lipinski definition) is 7. The number of rotatable bonds is 6. The average Bonchev–Trinajstić information content (AvgIpc) is 3.39. The molecule has 1 amide bonds. The molecule has 0 radical (unpaired) electrons. The van der Waals surface area contributed by atoms with Gasteiger partial charge >= 0.3 is 0 Å². The minimum atomic E-state index is -0.874. The van der Waals surface area contributed by atoms with Gasteiger partial charge in [0.05, 0.1) is 31.9 Å². The zero-order valence-corrected chi connectivity index (χ0v) is 21.2. The molecule has 0 bridgehead atoms. The van der Waals surface area contributed by atoms with E-state index in [-0.39, 0.29) is 17.2 Å². The molecular formula is C26H33FN6O3. The average molecular weight is 497 g/mol. The van der Waals surface area contributed by atoms with E-state index in [1.807, 2.05) is 23.7 Å². The van der Waals surface area contributed by atoms with Crippen LogP contribution in [0.3, 0.4) is 0 Å². The summed E-state index contributed by atoms with van der Waals surface area (Å²) in [5.74, 6) is 0.135. The molecule has 0 unspecified atom stereocenters. The molecule has 2 aliphatic heterocycles. The quantitative estimate of drug-likeness (QED) is 0.560. The number of ether oxygens (including phenoxy) is 2. The van der Waals surface area contributed by atoms with Crippen LogP contribution in [0.2, 0.25) is 0 Å². The van der Waals surface area contributed by atoms with Crippen molar-refractivity contribution in [1.82, 2.24) is 19.4 Å². The number of halogens is 1. The van der Waals surface area contributed by atoms with Gasteiger partial charge in [-0.3, -0.25) is 4.79 Å². The van der Waals surface area contributed by atoms with Gasteiger partial charge in [-0.15, -0.1) is 0 Å². The number of fused-ring (bicyclic) bond motifs is 1. The summed E-state index contributed by atoms with van der Waals surface area (Å²) in [6.07, 6.45) is 3.93. The van der Waals surface area contributed by atoms with Crippen molar-refractivity contribution in [3.05, 3.63) is 35.8 Å². The fourth-order valence-corrected chi connectivity index (χ4v) is 5.48. The summed E-state index contributed by atoms with van der Waals surface area (Å²) in [7, 11) is 3.53. The van der Waals surface area contributed by atoms with Crippen molar-refractivity contribution >= 4 is 22.8 Å². The number of amides is 1. The lowest BCUT2D eigenvalue weighted by atomic mass is 10.1. The number of benzene rings is 1. The minimum Gasteiger partial charge on any atom is -0.494 e. The number of likely N-dealkylation sites (N-methyl/N-ethyl adjacent to an activating group) is 1. The van der Waals surface area contributed by atoms with Crippen molar-refractivity contribution in [2.45, 2.75) is 51.4 Å². The Balaban J connectivity index is 1.63. The van der Waals surface area contributed by atoms with E-state index in [1.54, 1.807) is 6.20 Å². The monoisotopic (exact) mass is 496 g/mol. The third-order valence-corrected chi connectivity index (χ3v) is 7.36. The molecule has 0 saturated carbocycles. The summed E-state index contributed by atoms with van der Waals surface area (Å²) in [6.45, 7) is 7.06. The Kier molecular flexibility index (Phi) is 6.57. The number of aromatic nitrogens is 3. The molecule has 2 aliphatic rings. The summed E-state index contributed by atoms with van der Waals surface area (Å²) in [5.41, 5.74) is 6.41. The lowest BCUT2D eigenvalue weighted by Crippen LogP contribution is -2.42. The van der Waals surface area contributed by atoms with E-state index in [2.05, 4.69) is 28.6 Å². The van der Waals surface area contributed by atoms with Crippen LogP contribution in [0.15, 0.2) is 24.4 Å². The van der Waals surface area contributed by atoms with Gasteiger partial charge in [-0.1, -0.05) is 0 Å². The van der Waals surface area contributed by atoms with Crippen molar-refractivity contribution in [3.63, 3.8) is 0 Å². The second-order valence-electron chi connectivity index (χ2n) is 9.89. The van der Waals surface area contributed by atoms with Crippen molar-refractivity contribution in [2.75, 3.05) is 38.8 Å². The highest BCUT2D eigenvalue weighted by Crippen LogP contribution is 2.36. The highest BCUT2D eigenvalue weighted by Gasteiger charge is 2.30. The molecule has 2 N–H and O–H groups in total. The molecule has 2 aromatic heterocycles. The molecule has 192 valence electrons. The van der Waals surface area contributed by atoms with Gasteiger partial charge in [0, 0.05) is 36.9 Å². The third kappa shape index (κ3) is 4.28. The first-order valence-corrected chi connectivity index (χ1v) is 12.4. The van der Waals surface area contributed by atoms with Crippen LogP contribution in [-0.2, 0) is 11.3 Å². The van der Waals surface area contributed by atoms with Gasteiger partial charge < -0.3 is 29.6 Å². The van der Waals surface area contributed by atoms with Crippen LogP contribution in [0.5, 0.6) is 5.75 Å². The van der Waals surface area contributed by atoms with Crippen molar-refractivity contribution in [2.24, 2.45) is 5.73 Å². The Labute approximate surface area is 210 Å². The predicted octanol–water partition coefficient (Wildman–Crippen LogP) is 3.05. The molecule has 0 spiro atoms. The zero-order chi connectivity index (χ0) is 25.6. The zero-order valence-electron chi connectivity index (χ0n) is 21.2. The molecule has 3 atom stereocenters. The standard InChI is InChI=1S/C26H33FN6O3/c1-15-5-6-16(2)33(15)21-8-7-17(12-29-21)26-30-23-22(27)19(25(28)34)11-20(35-4)24(23)32(26)14-18-13-31(3)9-10-36-18/h7-8,11-12,15-16,18H,5-6,9-10,13-14H2,1-4H3,(H2,28,34)/t15-,16-,18-/m0/s1. The second-order valence-corrected chi connectivity index (χ2v) is 9.89. The summed E-state index contributed by atoms with van der Waals surface area (Å²) in [4.78, 5) is 25.9. The maximum atomic E-state index is 15.4. The van der Waals surface area contributed by atoms with Gasteiger partial charge in [-0.2, -0.15) is 0 Å². The molecule has 3 aromatic rings. The number of methoxy groups -OCH3 is 1. The smallest absolute Gasteiger partial charge is 0.251 e. The Hall–Kier alpha value is -3.24. The van der Waals surface area contributed by atoms with E-state index in [4.69, 9.17) is 20.2 Å². The number of imidazole rings is 1. The second kappa shape index (κ2) is 9.67. The van der Waals surface area contributed by atoms with E-state index < -0.39 is 11.7 Å². The van der Waals surface area contributed by atoms with Crippen LogP contribution >= 0.6 is 0 Å². The highest BCUT2D eigenvalue weighted by molar-refractivity contribution is 5.99. The summed E-state index contributed by atoms with van der Waals surface area (Å²) < 4.78 is 28.9. The summed E-state index contributed by atoms with van der Waals surface area (Å²) in [5, 5.41) is 0. The maximum absolute atomic E-state index is 15.4. The van der Waals surface area contributed by atoms with Gasteiger partial charge in [-0.25, -0.2) is 14.4 Å². The lowest BCUT2D eigenvalue weighted by molar-refractivity contribution is -0.0267. The first kappa shape index (κ1) is 24.5. The number of hydrogen-bond donors (Lipinski definition) is 1. The van der Waals surface area contributed by atoms with E-state index in [1.165, 1.54) is 13.2 Å². The molecule has 5 rings (SSSR count). The largest absolute Gasteiger partial charge is 0.494 e. The lowest BCUT2D eigenvalue weighted by Gasteiger charge is -2.31. The first-order valence-electron chi connectivity index (χ1n) is 12.4. The maximum Gasteiger partial charge on any atom is 0.251 e. The van der Waals surface area contributed by atoms with E-state index in [9.17, 15) is 4.79 Å². The summed E-state index contributed by atoms with van der Waals surface area (Å²) >= 11 is 0. The Morgan fingerprint density at radius 2 is 2.03 bits per heavy atom. The number of anilines is 1. The van der Waals surface area contributed by atoms with Gasteiger partial charge in [-0.05, 0) is 51.9 Å². The predicted molar refractivity (Wildman–Crippen MR) is 136 cm³/mol. The van der Waals surface area contributed by atoms with Gasteiger partial charge in [0.2, 0.25) is 0 Å². The van der Waals surface area contributed by atoms with Crippen LogP contribution < -0.4 is 15.4 Å². The highest BCUT2D eigenvalue weighted by atomic mass is 19.1. The van der Waals surface area contributed by atoms with Crippen LogP contribution in [0.4, 0.5) is 10.2 Å². The number of primary amides is 1. The molecule has 36 heavy (non-hydrogen) atoms. The van der Waals surface area contributed by atoms with Crippen LogP contribution in [-0.4, -0.2) is 77.4 Å². The fraction of sp³-hybridized carbons (Fsp3) is 0.500. The van der Waals surface area contributed by atoms with Crippen LogP contribution in [0, 0.1) is 5.82 Å². The van der Waals surface area contributed by atoms with E-state index in [0.29, 0.717) is 42.3 Å². The van der Waals surface area contributed by atoms with E-state index in [0.717, 1.165) is 37.3 Å². The molecule has 1 aromatic carbocycles. The van der Waals surface area contributed by atoms with Crippen molar-refractivity contribution in [1.29, 1.82) is 0 Å². The third-order valence-electron chi connectivity index (χ3n) is 7.36. The topological polar surface area (TPSA) is 98.7 Å². The first-order chi connectivity index (χ1) is 17.3. The number of nitrogens with zero attached hydrogens (tertiary/aromatic N) is 5. The van der Waals surface area contributed by atoms with Gasteiger partial charge in [0.1, 0.15) is 28.4 Å². The number of carbonyl (C=O) groups is 1. The van der Waals surface area contributed by atoms with Crippen LogP contribution in [0.25, 0.3) is 22.4 Å². The minimum absolute atomic E-state index is 0.0353.